The first-order valence-electron chi connectivity index (χ1n) is 8.01. The molecule has 3 N–H and O–H groups in total. The van der Waals surface area contributed by atoms with Crippen molar-refractivity contribution < 1.29 is 24.6 Å². The number of amides is 2. The minimum absolute atomic E-state index is 0.0691. The minimum Gasteiger partial charge on any atom is -0.493 e. The Kier molecular flexibility index (Phi) is 4.83. The molecule has 0 saturated carbocycles. The molecular weight excluding hydrogens is 338 g/mol. The fraction of sp³-hybridized carbons (Fsp3) is 0.222. The van der Waals surface area contributed by atoms with Crippen LogP contribution in [0.25, 0.3) is 0 Å². The van der Waals surface area contributed by atoms with Gasteiger partial charge in [0.25, 0.3) is 0 Å². The third-order valence-corrected chi connectivity index (χ3v) is 4.19. The Labute approximate surface area is 149 Å². The van der Waals surface area contributed by atoms with Gasteiger partial charge in [0.2, 0.25) is 5.88 Å². The number of carboxylic acid groups (broad SMARTS) is 1. The quantitative estimate of drug-likeness (QED) is 0.758. The number of allylic oxidation sites excluding steroid dienone is 3. The number of ketones is 1. The molecule has 3 rings (SSSR count). The van der Waals surface area contributed by atoms with Crippen molar-refractivity contribution in [3.05, 3.63) is 59.0 Å². The van der Waals surface area contributed by atoms with Gasteiger partial charge in [-0.05, 0) is 12.0 Å². The number of hydrogen-bond acceptors (Lipinski definition) is 5. The average Bonchev–Trinajstić information content (AvgIpc) is 2.63. The number of hydrazone groups is 1. The third-order valence-electron chi connectivity index (χ3n) is 4.19. The third kappa shape index (κ3) is 3.49. The number of benzene rings is 1. The number of nitrogens with one attached hydrogen (secondary N) is 1. The standard InChI is InChI=1S/C18H17N3O5/c22-14-7-6-12-9-20-21(18(26)19-10-15(23)24)17(25)16(12)13(14)8-11-4-2-1-3-5-11/h1-6,9,13,25H,7-8,10H2,(H,19,26)(H,23,24). The van der Waals surface area contributed by atoms with Crippen LogP contribution in [0.4, 0.5) is 4.79 Å². The summed E-state index contributed by atoms with van der Waals surface area (Å²) in [5.41, 5.74) is 1.84. The van der Waals surface area contributed by atoms with Gasteiger partial charge >= 0.3 is 12.0 Å². The first kappa shape index (κ1) is 17.4. The number of aliphatic carboxylic acids is 1. The smallest absolute Gasteiger partial charge is 0.345 e. The van der Waals surface area contributed by atoms with Gasteiger partial charge in [-0.15, -0.1) is 5.01 Å². The number of nitrogens with zero attached hydrogens (tertiary/aromatic N) is 2. The van der Waals surface area contributed by atoms with Crippen molar-refractivity contribution in [3.8, 4) is 0 Å². The van der Waals surface area contributed by atoms with Crippen molar-refractivity contribution in [1.29, 1.82) is 0 Å². The molecule has 1 aromatic carbocycles. The van der Waals surface area contributed by atoms with Crippen molar-refractivity contribution in [1.82, 2.24) is 10.3 Å². The maximum atomic E-state index is 12.5. The van der Waals surface area contributed by atoms with Gasteiger partial charge in [-0.3, -0.25) is 9.59 Å². The first-order chi connectivity index (χ1) is 12.5. The molecule has 0 aromatic heterocycles. The second-order valence-corrected chi connectivity index (χ2v) is 5.92. The highest BCUT2D eigenvalue weighted by atomic mass is 16.4. The largest absolute Gasteiger partial charge is 0.493 e. The molecule has 8 nitrogen and oxygen atoms in total. The summed E-state index contributed by atoms with van der Waals surface area (Å²) in [6, 6.07) is 8.48. The van der Waals surface area contributed by atoms with Crippen molar-refractivity contribution in [3.63, 3.8) is 0 Å². The van der Waals surface area contributed by atoms with Gasteiger partial charge in [0.1, 0.15) is 12.3 Å². The number of aliphatic hydroxyl groups excluding tert-OH is 1. The molecule has 26 heavy (non-hydrogen) atoms. The zero-order valence-electron chi connectivity index (χ0n) is 13.8. The van der Waals surface area contributed by atoms with Crippen LogP contribution >= 0.6 is 0 Å². The molecule has 1 heterocycles. The second kappa shape index (κ2) is 7.22. The fourth-order valence-corrected chi connectivity index (χ4v) is 2.96. The highest BCUT2D eigenvalue weighted by molar-refractivity contribution is 5.98. The van der Waals surface area contributed by atoms with E-state index in [-0.39, 0.29) is 12.2 Å². The lowest BCUT2D eigenvalue weighted by molar-refractivity contribution is -0.135. The summed E-state index contributed by atoms with van der Waals surface area (Å²) in [5, 5.41) is 25.9. The maximum Gasteiger partial charge on any atom is 0.345 e. The number of Topliss-reactive ketones (excluding diaryl/α,β-unsaturated/α-hetero) is 1. The Morgan fingerprint density at radius 2 is 2.00 bits per heavy atom. The molecule has 8 heteroatoms. The molecule has 134 valence electrons. The Morgan fingerprint density at radius 3 is 2.69 bits per heavy atom. The van der Waals surface area contributed by atoms with Crippen LogP contribution in [-0.4, -0.2) is 45.8 Å². The molecule has 1 aliphatic heterocycles. The average molecular weight is 355 g/mol. The summed E-state index contributed by atoms with van der Waals surface area (Å²) in [6.45, 7) is -0.609. The van der Waals surface area contributed by atoms with Gasteiger partial charge < -0.3 is 15.5 Å². The van der Waals surface area contributed by atoms with E-state index in [1.54, 1.807) is 6.08 Å². The Morgan fingerprint density at radius 1 is 1.27 bits per heavy atom. The van der Waals surface area contributed by atoms with Gasteiger partial charge in [0.15, 0.2) is 0 Å². The number of urea groups is 1. The van der Waals surface area contributed by atoms with Crippen LogP contribution in [0.3, 0.4) is 0 Å². The highest BCUT2D eigenvalue weighted by Gasteiger charge is 2.36. The lowest BCUT2D eigenvalue weighted by Gasteiger charge is -2.30. The minimum atomic E-state index is -1.22. The molecule has 1 atom stereocenters. The molecule has 0 radical (unpaired) electrons. The van der Waals surface area contributed by atoms with E-state index in [4.69, 9.17) is 5.11 Å². The number of carbonyl (C=O) groups excluding carboxylic acids is 2. The van der Waals surface area contributed by atoms with Gasteiger partial charge in [-0.2, -0.15) is 5.10 Å². The molecule has 1 unspecified atom stereocenters. The van der Waals surface area contributed by atoms with E-state index < -0.39 is 30.3 Å². The highest BCUT2D eigenvalue weighted by Crippen LogP contribution is 2.34. The number of rotatable bonds is 4. The van der Waals surface area contributed by atoms with Crippen LogP contribution in [0.1, 0.15) is 12.0 Å². The van der Waals surface area contributed by atoms with Crippen LogP contribution in [-0.2, 0) is 16.0 Å². The molecule has 1 aliphatic carbocycles. The normalized spacial score (nSPS) is 19.1. The van der Waals surface area contributed by atoms with Gasteiger partial charge in [0.05, 0.1) is 12.1 Å². The number of hydrogen-bond donors (Lipinski definition) is 3. The van der Waals surface area contributed by atoms with Crippen LogP contribution in [0, 0.1) is 5.92 Å². The van der Waals surface area contributed by atoms with Crippen molar-refractivity contribution in [2.45, 2.75) is 12.8 Å². The summed E-state index contributed by atoms with van der Waals surface area (Å²) < 4.78 is 0. The Bertz CT molecular complexity index is 842. The van der Waals surface area contributed by atoms with Crippen molar-refractivity contribution in [2.75, 3.05) is 6.54 Å². The maximum absolute atomic E-state index is 12.5. The van der Waals surface area contributed by atoms with E-state index in [9.17, 15) is 19.5 Å². The molecule has 2 amide bonds. The molecule has 0 bridgehead atoms. The lowest BCUT2D eigenvalue weighted by atomic mass is 9.79. The van der Waals surface area contributed by atoms with Gasteiger partial charge in [-0.1, -0.05) is 36.4 Å². The molecule has 0 spiro atoms. The van der Waals surface area contributed by atoms with Gasteiger partial charge in [0, 0.05) is 17.6 Å². The molecule has 1 aromatic rings. The van der Waals surface area contributed by atoms with Crippen LogP contribution in [0.15, 0.2) is 58.5 Å². The SMILES string of the molecule is O=C(O)CNC(=O)N1N=CC2=CCC(=O)C(Cc3ccccc3)C2=C1O. The van der Waals surface area contributed by atoms with Crippen LogP contribution in [0.5, 0.6) is 0 Å². The monoisotopic (exact) mass is 355 g/mol. The second-order valence-electron chi connectivity index (χ2n) is 5.92. The summed E-state index contributed by atoms with van der Waals surface area (Å²) in [5.74, 6) is -2.36. The van der Waals surface area contributed by atoms with E-state index in [1.807, 2.05) is 30.3 Å². The van der Waals surface area contributed by atoms with Gasteiger partial charge in [-0.25, -0.2) is 4.79 Å². The summed E-state index contributed by atoms with van der Waals surface area (Å²) in [4.78, 5) is 35.1. The summed E-state index contributed by atoms with van der Waals surface area (Å²) in [6.07, 6.45) is 3.65. The molecule has 2 aliphatic rings. The lowest BCUT2D eigenvalue weighted by Crippen LogP contribution is -2.42. The summed E-state index contributed by atoms with van der Waals surface area (Å²) in [7, 11) is 0. The Balaban J connectivity index is 1.91. The van der Waals surface area contributed by atoms with E-state index in [2.05, 4.69) is 10.4 Å². The topological polar surface area (TPSA) is 119 Å². The fourth-order valence-electron chi connectivity index (χ4n) is 2.96. The zero-order valence-corrected chi connectivity index (χ0v) is 13.8. The van der Waals surface area contributed by atoms with Crippen molar-refractivity contribution >= 4 is 24.0 Å². The molecule has 0 fully saturated rings. The number of aliphatic hydroxyl groups is 1. The van der Waals surface area contributed by atoms with Crippen LogP contribution in [0.2, 0.25) is 0 Å². The number of carbonyl (C=O) groups is 3. The number of fused-ring (bicyclic) bond motifs is 1. The number of carboxylic acids is 1. The first-order valence-corrected chi connectivity index (χ1v) is 8.01. The van der Waals surface area contributed by atoms with Crippen LogP contribution < -0.4 is 5.32 Å². The van der Waals surface area contributed by atoms with E-state index >= 15 is 0 Å². The predicted molar refractivity (Wildman–Crippen MR) is 92.4 cm³/mol. The summed E-state index contributed by atoms with van der Waals surface area (Å²) >= 11 is 0. The van der Waals surface area contributed by atoms with E-state index in [0.717, 1.165) is 5.56 Å². The molecule has 0 saturated heterocycles. The zero-order chi connectivity index (χ0) is 18.7. The molecular formula is C18H17N3O5. The van der Waals surface area contributed by atoms with Crippen molar-refractivity contribution in [2.24, 2.45) is 11.0 Å². The predicted octanol–water partition coefficient (Wildman–Crippen LogP) is 1.61. The van der Waals surface area contributed by atoms with E-state index in [1.165, 1.54) is 6.21 Å². The van der Waals surface area contributed by atoms with E-state index in [0.29, 0.717) is 22.6 Å². The Hall–Kier alpha value is -3.42.